The zero-order chi connectivity index (χ0) is 13.4. The molecule has 0 saturated carbocycles. The van der Waals surface area contributed by atoms with E-state index in [1.807, 2.05) is 42.5 Å². The number of rotatable bonds is 2. The van der Waals surface area contributed by atoms with E-state index in [2.05, 4.69) is 26.3 Å². The molecule has 0 amide bonds. The number of para-hydroxylation sites is 1. The fourth-order valence-electron chi connectivity index (χ4n) is 2.06. The second-order valence-corrected chi connectivity index (χ2v) is 5.39. The number of anilines is 2. The Bertz CT molecular complexity index is 867. The number of aromatic nitrogens is 3. The SMILES string of the molecule is c1cnc2nc(Nc3nc4ccccc4s3)ccc2c1. The van der Waals surface area contributed by atoms with Crippen molar-refractivity contribution in [3.05, 3.63) is 54.7 Å². The molecule has 0 aliphatic heterocycles. The molecular formula is C15H10N4S. The molecule has 0 spiro atoms. The molecule has 0 atom stereocenters. The summed E-state index contributed by atoms with van der Waals surface area (Å²) in [5.41, 5.74) is 1.73. The molecule has 0 saturated heterocycles. The highest BCUT2D eigenvalue weighted by molar-refractivity contribution is 7.22. The van der Waals surface area contributed by atoms with Gasteiger partial charge in [0.15, 0.2) is 10.8 Å². The average Bonchev–Trinajstić information content (AvgIpc) is 2.89. The molecule has 5 heteroatoms. The first-order chi connectivity index (χ1) is 9.88. The van der Waals surface area contributed by atoms with Crippen molar-refractivity contribution in [3.63, 3.8) is 0 Å². The summed E-state index contributed by atoms with van der Waals surface area (Å²) in [7, 11) is 0. The summed E-state index contributed by atoms with van der Waals surface area (Å²) in [5, 5.41) is 5.11. The Hall–Kier alpha value is -2.53. The van der Waals surface area contributed by atoms with Crippen LogP contribution in [0.3, 0.4) is 0 Å². The molecule has 3 heterocycles. The van der Waals surface area contributed by atoms with E-state index in [0.29, 0.717) is 0 Å². The van der Waals surface area contributed by atoms with Crippen LogP contribution in [0.15, 0.2) is 54.7 Å². The summed E-state index contributed by atoms with van der Waals surface area (Å²) in [6, 6.07) is 15.9. The molecule has 20 heavy (non-hydrogen) atoms. The van der Waals surface area contributed by atoms with Gasteiger partial charge in [0.1, 0.15) is 5.82 Å². The molecule has 3 aromatic heterocycles. The number of thiazole rings is 1. The summed E-state index contributed by atoms with van der Waals surface area (Å²) in [6.45, 7) is 0. The lowest BCUT2D eigenvalue weighted by Crippen LogP contribution is -1.93. The molecule has 0 unspecified atom stereocenters. The van der Waals surface area contributed by atoms with Crippen molar-refractivity contribution in [1.29, 1.82) is 0 Å². The number of nitrogens with one attached hydrogen (secondary N) is 1. The van der Waals surface area contributed by atoms with E-state index in [4.69, 9.17) is 0 Å². The van der Waals surface area contributed by atoms with Gasteiger partial charge in [-0.25, -0.2) is 15.0 Å². The van der Waals surface area contributed by atoms with Gasteiger partial charge in [-0.05, 0) is 36.4 Å². The van der Waals surface area contributed by atoms with Crippen LogP contribution in [-0.2, 0) is 0 Å². The van der Waals surface area contributed by atoms with E-state index in [-0.39, 0.29) is 0 Å². The predicted octanol–water partition coefficient (Wildman–Crippen LogP) is 3.98. The quantitative estimate of drug-likeness (QED) is 0.602. The van der Waals surface area contributed by atoms with E-state index >= 15 is 0 Å². The van der Waals surface area contributed by atoms with Crippen LogP contribution in [0.5, 0.6) is 0 Å². The predicted molar refractivity (Wildman–Crippen MR) is 82.4 cm³/mol. The fraction of sp³-hybridized carbons (Fsp3) is 0. The van der Waals surface area contributed by atoms with Crippen molar-refractivity contribution < 1.29 is 0 Å². The molecule has 1 N–H and O–H groups in total. The maximum atomic E-state index is 4.54. The third kappa shape index (κ3) is 1.98. The average molecular weight is 278 g/mol. The van der Waals surface area contributed by atoms with Gasteiger partial charge < -0.3 is 5.32 Å². The van der Waals surface area contributed by atoms with Crippen LogP contribution < -0.4 is 5.32 Å². The lowest BCUT2D eigenvalue weighted by molar-refractivity contribution is 1.27. The fourth-order valence-corrected chi connectivity index (χ4v) is 2.93. The van der Waals surface area contributed by atoms with Crippen molar-refractivity contribution >= 4 is 43.5 Å². The van der Waals surface area contributed by atoms with E-state index < -0.39 is 0 Å². The third-order valence-corrected chi connectivity index (χ3v) is 3.94. The Kier molecular flexibility index (Phi) is 2.57. The first kappa shape index (κ1) is 11.3. The van der Waals surface area contributed by atoms with Crippen LogP contribution in [0.25, 0.3) is 21.3 Å². The standard InChI is InChI=1S/C15H10N4S/c1-2-6-12-11(5-1)17-15(20-12)19-13-8-7-10-4-3-9-16-14(10)18-13/h1-9H,(H,16,17,18,19). The topological polar surface area (TPSA) is 50.7 Å². The largest absolute Gasteiger partial charge is 0.316 e. The molecule has 4 rings (SSSR count). The zero-order valence-electron chi connectivity index (χ0n) is 10.4. The summed E-state index contributed by atoms with van der Waals surface area (Å²) < 4.78 is 1.16. The molecule has 0 bridgehead atoms. The molecule has 1 aromatic carbocycles. The Morgan fingerprint density at radius 1 is 0.900 bits per heavy atom. The first-order valence-corrected chi connectivity index (χ1v) is 7.04. The minimum absolute atomic E-state index is 0.735. The van der Waals surface area contributed by atoms with Crippen LogP contribution >= 0.6 is 11.3 Å². The van der Waals surface area contributed by atoms with Crippen molar-refractivity contribution in [2.45, 2.75) is 0 Å². The minimum atomic E-state index is 0.735. The van der Waals surface area contributed by atoms with Crippen LogP contribution in [0.1, 0.15) is 0 Å². The number of benzene rings is 1. The van der Waals surface area contributed by atoms with Crippen LogP contribution in [-0.4, -0.2) is 15.0 Å². The normalized spacial score (nSPS) is 11.0. The van der Waals surface area contributed by atoms with Crippen LogP contribution in [0, 0.1) is 0 Å². The zero-order valence-corrected chi connectivity index (χ0v) is 11.3. The molecular weight excluding hydrogens is 268 g/mol. The summed E-state index contributed by atoms with van der Waals surface area (Å²) >= 11 is 1.61. The van der Waals surface area contributed by atoms with Gasteiger partial charge in [0.05, 0.1) is 10.2 Å². The highest BCUT2D eigenvalue weighted by Gasteiger charge is 2.04. The minimum Gasteiger partial charge on any atom is -0.316 e. The molecule has 0 fully saturated rings. The summed E-state index contributed by atoms with van der Waals surface area (Å²) in [6.07, 6.45) is 1.75. The Morgan fingerprint density at radius 2 is 1.85 bits per heavy atom. The Labute approximate surface area is 119 Å². The maximum Gasteiger partial charge on any atom is 0.189 e. The second-order valence-electron chi connectivity index (χ2n) is 4.36. The van der Waals surface area contributed by atoms with E-state index in [9.17, 15) is 0 Å². The monoisotopic (exact) mass is 278 g/mol. The number of hydrogen-bond acceptors (Lipinski definition) is 5. The third-order valence-electron chi connectivity index (χ3n) is 2.99. The Morgan fingerprint density at radius 3 is 2.80 bits per heavy atom. The number of nitrogens with zero attached hydrogens (tertiary/aromatic N) is 3. The molecule has 0 radical (unpaired) electrons. The number of fused-ring (bicyclic) bond motifs is 2. The highest BCUT2D eigenvalue weighted by atomic mass is 32.1. The molecule has 0 aliphatic rings. The van der Waals surface area contributed by atoms with Crippen LogP contribution in [0.2, 0.25) is 0 Å². The lowest BCUT2D eigenvalue weighted by Gasteiger charge is -2.02. The second kappa shape index (κ2) is 4.54. The van der Waals surface area contributed by atoms with Gasteiger partial charge in [-0.15, -0.1) is 0 Å². The van der Waals surface area contributed by atoms with E-state index in [1.54, 1.807) is 17.5 Å². The van der Waals surface area contributed by atoms with E-state index in [0.717, 1.165) is 32.2 Å². The van der Waals surface area contributed by atoms with Gasteiger partial charge in [0, 0.05) is 11.6 Å². The van der Waals surface area contributed by atoms with Gasteiger partial charge in [-0.1, -0.05) is 23.5 Å². The van der Waals surface area contributed by atoms with Gasteiger partial charge >= 0.3 is 0 Å². The smallest absolute Gasteiger partial charge is 0.189 e. The number of pyridine rings is 2. The summed E-state index contributed by atoms with van der Waals surface area (Å²) in [5.74, 6) is 0.759. The van der Waals surface area contributed by atoms with Crippen molar-refractivity contribution in [1.82, 2.24) is 15.0 Å². The lowest BCUT2D eigenvalue weighted by atomic mass is 10.3. The van der Waals surface area contributed by atoms with E-state index in [1.165, 1.54) is 0 Å². The number of hydrogen-bond donors (Lipinski definition) is 1. The highest BCUT2D eigenvalue weighted by Crippen LogP contribution is 2.27. The molecule has 4 nitrogen and oxygen atoms in total. The van der Waals surface area contributed by atoms with Crippen molar-refractivity contribution in [2.24, 2.45) is 0 Å². The van der Waals surface area contributed by atoms with Gasteiger partial charge in [-0.2, -0.15) is 0 Å². The Balaban J connectivity index is 1.72. The van der Waals surface area contributed by atoms with Gasteiger partial charge in [0.2, 0.25) is 0 Å². The molecule has 0 aliphatic carbocycles. The van der Waals surface area contributed by atoms with Crippen LogP contribution in [0.4, 0.5) is 10.9 Å². The van der Waals surface area contributed by atoms with Crippen molar-refractivity contribution in [2.75, 3.05) is 5.32 Å². The molecule has 4 aromatic rings. The first-order valence-electron chi connectivity index (χ1n) is 6.23. The maximum absolute atomic E-state index is 4.54. The van der Waals surface area contributed by atoms with Gasteiger partial charge in [-0.3, -0.25) is 0 Å². The van der Waals surface area contributed by atoms with Crippen molar-refractivity contribution in [3.8, 4) is 0 Å². The molecule has 96 valence electrons. The van der Waals surface area contributed by atoms with Gasteiger partial charge in [0.25, 0.3) is 0 Å². The summed E-state index contributed by atoms with van der Waals surface area (Å²) in [4.78, 5) is 13.3.